The van der Waals surface area contributed by atoms with Crippen LogP contribution in [0.25, 0.3) is 0 Å². The number of benzene rings is 2. The zero-order valence-electron chi connectivity index (χ0n) is 14.8. The molecule has 1 N–H and O–H groups in total. The van der Waals surface area contributed by atoms with Crippen LogP contribution in [0.3, 0.4) is 0 Å². The lowest BCUT2D eigenvalue weighted by Gasteiger charge is -2.20. The second kappa shape index (κ2) is 8.60. The Kier molecular flexibility index (Phi) is 5.98. The lowest BCUT2D eigenvalue weighted by atomic mass is 9.94. The number of hydrogen-bond donors (Lipinski definition) is 1. The zero-order valence-corrected chi connectivity index (χ0v) is 14.8. The molecule has 1 aliphatic heterocycles. The van der Waals surface area contributed by atoms with Crippen molar-refractivity contribution < 1.29 is 24.2 Å². The maximum atomic E-state index is 12.9. The molecule has 1 unspecified atom stereocenters. The zero-order chi connectivity index (χ0) is 19.2. The SMILES string of the molecule is O=C(O)CC(Cc1ccccc1)C(=O)N1CO[C@H](Cc2ccccc2)C1=O. The third-order valence-corrected chi connectivity index (χ3v) is 4.57. The van der Waals surface area contributed by atoms with Gasteiger partial charge in [-0.1, -0.05) is 60.7 Å². The maximum absolute atomic E-state index is 12.9. The van der Waals surface area contributed by atoms with Gasteiger partial charge < -0.3 is 9.84 Å². The van der Waals surface area contributed by atoms with E-state index in [9.17, 15) is 19.5 Å². The molecule has 2 aromatic rings. The van der Waals surface area contributed by atoms with Gasteiger partial charge in [-0.25, -0.2) is 0 Å². The van der Waals surface area contributed by atoms with Gasteiger partial charge in [0.1, 0.15) is 12.8 Å². The van der Waals surface area contributed by atoms with Crippen LogP contribution in [0.2, 0.25) is 0 Å². The van der Waals surface area contributed by atoms with Crippen molar-refractivity contribution in [2.75, 3.05) is 6.73 Å². The summed E-state index contributed by atoms with van der Waals surface area (Å²) in [5, 5.41) is 9.18. The van der Waals surface area contributed by atoms with E-state index in [1.54, 1.807) is 0 Å². The first-order valence-corrected chi connectivity index (χ1v) is 8.81. The largest absolute Gasteiger partial charge is 0.481 e. The fourth-order valence-electron chi connectivity index (χ4n) is 3.20. The molecule has 0 bridgehead atoms. The Hall–Kier alpha value is -2.99. The Labute approximate surface area is 157 Å². The summed E-state index contributed by atoms with van der Waals surface area (Å²) in [6, 6.07) is 18.6. The Morgan fingerprint density at radius 3 is 2.22 bits per heavy atom. The van der Waals surface area contributed by atoms with Crippen LogP contribution >= 0.6 is 0 Å². The summed E-state index contributed by atoms with van der Waals surface area (Å²) in [6.07, 6.45) is -0.412. The van der Waals surface area contributed by atoms with E-state index >= 15 is 0 Å². The van der Waals surface area contributed by atoms with Crippen molar-refractivity contribution in [3.63, 3.8) is 0 Å². The molecular weight excluding hydrogens is 346 g/mol. The molecule has 0 radical (unpaired) electrons. The molecule has 2 aromatic carbocycles. The molecule has 0 spiro atoms. The fraction of sp³-hybridized carbons (Fsp3) is 0.286. The fourth-order valence-corrected chi connectivity index (χ4v) is 3.20. The van der Waals surface area contributed by atoms with Crippen LogP contribution < -0.4 is 0 Å². The van der Waals surface area contributed by atoms with Crippen molar-refractivity contribution in [2.24, 2.45) is 5.92 Å². The van der Waals surface area contributed by atoms with Crippen molar-refractivity contribution in [1.29, 1.82) is 0 Å². The van der Waals surface area contributed by atoms with Gasteiger partial charge in [0.05, 0.1) is 12.3 Å². The Balaban J connectivity index is 1.70. The number of hydrogen-bond acceptors (Lipinski definition) is 4. The topological polar surface area (TPSA) is 83.9 Å². The lowest BCUT2D eigenvalue weighted by molar-refractivity contribution is -0.149. The highest BCUT2D eigenvalue weighted by molar-refractivity contribution is 6.00. The average molecular weight is 367 g/mol. The highest BCUT2D eigenvalue weighted by Crippen LogP contribution is 2.21. The molecule has 1 saturated heterocycles. The number of carbonyl (C=O) groups is 3. The van der Waals surface area contributed by atoms with Crippen LogP contribution in [-0.4, -0.2) is 40.6 Å². The van der Waals surface area contributed by atoms with E-state index in [0.29, 0.717) is 6.42 Å². The molecule has 6 nitrogen and oxygen atoms in total. The van der Waals surface area contributed by atoms with Crippen LogP contribution in [0.1, 0.15) is 17.5 Å². The summed E-state index contributed by atoms with van der Waals surface area (Å²) in [5.74, 6) is -2.79. The van der Waals surface area contributed by atoms with E-state index in [2.05, 4.69) is 0 Å². The maximum Gasteiger partial charge on any atom is 0.304 e. The van der Waals surface area contributed by atoms with Gasteiger partial charge in [0.15, 0.2) is 0 Å². The molecule has 1 fully saturated rings. The van der Waals surface area contributed by atoms with E-state index in [0.717, 1.165) is 16.0 Å². The van der Waals surface area contributed by atoms with E-state index < -0.39 is 29.8 Å². The smallest absolute Gasteiger partial charge is 0.304 e. The van der Waals surface area contributed by atoms with Crippen LogP contribution in [0.4, 0.5) is 0 Å². The van der Waals surface area contributed by atoms with Gasteiger partial charge in [-0.15, -0.1) is 0 Å². The Morgan fingerprint density at radius 1 is 1.04 bits per heavy atom. The second-order valence-corrected chi connectivity index (χ2v) is 6.56. The molecule has 2 atom stereocenters. The van der Waals surface area contributed by atoms with Gasteiger partial charge in [-0.3, -0.25) is 19.3 Å². The summed E-state index contributed by atoms with van der Waals surface area (Å²) in [7, 11) is 0. The van der Waals surface area contributed by atoms with Gasteiger partial charge >= 0.3 is 5.97 Å². The van der Waals surface area contributed by atoms with E-state index in [1.807, 2.05) is 60.7 Å². The van der Waals surface area contributed by atoms with Gasteiger partial charge in [0.25, 0.3) is 5.91 Å². The normalized spacial score (nSPS) is 17.7. The summed E-state index contributed by atoms with van der Waals surface area (Å²) >= 11 is 0. The summed E-state index contributed by atoms with van der Waals surface area (Å²) in [4.78, 5) is 37.7. The minimum absolute atomic E-state index is 0.139. The summed E-state index contributed by atoms with van der Waals surface area (Å²) in [5.41, 5.74) is 1.79. The van der Waals surface area contributed by atoms with Crippen molar-refractivity contribution in [3.05, 3.63) is 71.8 Å². The molecule has 3 rings (SSSR count). The molecule has 1 heterocycles. The van der Waals surface area contributed by atoms with E-state index in [4.69, 9.17) is 4.74 Å². The molecule has 140 valence electrons. The van der Waals surface area contributed by atoms with Gasteiger partial charge in [-0.2, -0.15) is 0 Å². The second-order valence-electron chi connectivity index (χ2n) is 6.56. The Bertz CT molecular complexity index is 806. The van der Waals surface area contributed by atoms with Gasteiger partial charge in [0, 0.05) is 6.42 Å². The number of aliphatic carboxylic acids is 1. The minimum Gasteiger partial charge on any atom is -0.481 e. The molecule has 2 amide bonds. The highest BCUT2D eigenvalue weighted by Gasteiger charge is 2.39. The predicted octanol–water partition coefficient (Wildman–Crippen LogP) is 2.27. The molecule has 27 heavy (non-hydrogen) atoms. The molecular formula is C21H21NO5. The lowest BCUT2D eigenvalue weighted by Crippen LogP contribution is -2.41. The van der Waals surface area contributed by atoms with Crippen molar-refractivity contribution in [2.45, 2.75) is 25.4 Å². The first-order valence-electron chi connectivity index (χ1n) is 8.81. The van der Waals surface area contributed by atoms with Crippen molar-refractivity contribution in [3.8, 4) is 0 Å². The average Bonchev–Trinajstić information content (AvgIpc) is 3.02. The number of rotatable bonds is 7. The standard InChI is InChI=1S/C21H21NO5/c23-19(24)13-17(11-15-7-3-1-4-8-15)20(25)22-14-27-18(21(22)26)12-16-9-5-2-6-10-16/h1-10,17-18H,11-14H2,(H,23,24)/t17?,18-/m1/s1. The van der Waals surface area contributed by atoms with Crippen LogP contribution in [-0.2, 0) is 32.0 Å². The number of nitrogens with zero attached hydrogens (tertiary/aromatic N) is 1. The van der Waals surface area contributed by atoms with E-state index in [-0.39, 0.29) is 19.6 Å². The van der Waals surface area contributed by atoms with E-state index in [1.165, 1.54) is 0 Å². The number of ether oxygens (including phenoxy) is 1. The number of amides is 2. The molecule has 0 aromatic heterocycles. The Morgan fingerprint density at radius 2 is 1.63 bits per heavy atom. The third-order valence-electron chi connectivity index (χ3n) is 4.57. The first-order chi connectivity index (χ1) is 13.0. The minimum atomic E-state index is -1.07. The number of carbonyl (C=O) groups excluding carboxylic acids is 2. The van der Waals surface area contributed by atoms with Crippen molar-refractivity contribution >= 4 is 17.8 Å². The number of carboxylic acids is 1. The predicted molar refractivity (Wildman–Crippen MR) is 97.6 cm³/mol. The van der Waals surface area contributed by atoms with Crippen LogP contribution in [0.5, 0.6) is 0 Å². The quantitative estimate of drug-likeness (QED) is 0.812. The van der Waals surface area contributed by atoms with Crippen molar-refractivity contribution in [1.82, 2.24) is 4.90 Å². The molecule has 1 aliphatic rings. The molecule has 0 aliphatic carbocycles. The van der Waals surface area contributed by atoms with Crippen LogP contribution in [0, 0.1) is 5.92 Å². The van der Waals surface area contributed by atoms with Gasteiger partial charge in [0.2, 0.25) is 5.91 Å². The number of carboxylic acid groups (broad SMARTS) is 1. The summed E-state index contributed by atoms with van der Waals surface area (Å²) < 4.78 is 5.52. The third kappa shape index (κ3) is 4.80. The first kappa shape index (κ1) is 18.8. The monoisotopic (exact) mass is 367 g/mol. The van der Waals surface area contributed by atoms with Crippen LogP contribution in [0.15, 0.2) is 60.7 Å². The molecule has 6 heteroatoms. The van der Waals surface area contributed by atoms with Gasteiger partial charge in [-0.05, 0) is 17.5 Å². The number of imide groups is 1. The molecule has 0 saturated carbocycles. The summed E-state index contributed by atoms with van der Waals surface area (Å²) in [6.45, 7) is -0.139. The highest BCUT2D eigenvalue weighted by atomic mass is 16.5.